The van der Waals surface area contributed by atoms with E-state index < -0.39 is 10.0 Å². The number of hydrogen-bond acceptors (Lipinski definition) is 5. The number of rotatable bonds is 5. The number of hydrogen-bond donors (Lipinski definition) is 0. The molecule has 0 N–H and O–H groups in total. The molecule has 2 fully saturated rings. The Balaban J connectivity index is 1.42. The van der Waals surface area contributed by atoms with Gasteiger partial charge in [-0.1, -0.05) is 24.3 Å². The molecule has 2 amide bonds. The smallest absolute Gasteiger partial charge is 0.253 e. The van der Waals surface area contributed by atoms with Crippen LogP contribution in [0, 0.1) is 11.3 Å². The van der Waals surface area contributed by atoms with Gasteiger partial charge >= 0.3 is 0 Å². The SMILES string of the molecule is N#Cc1ccccc1S(=O)(=O)N1CCN(C(=O)c2cccc(CN3CCCC3=O)c2)CC1. The number of benzene rings is 2. The Labute approximate surface area is 187 Å². The van der Waals surface area contributed by atoms with Crippen molar-refractivity contribution in [3.05, 3.63) is 65.2 Å². The average Bonchev–Trinajstić information content (AvgIpc) is 3.23. The van der Waals surface area contributed by atoms with E-state index >= 15 is 0 Å². The summed E-state index contributed by atoms with van der Waals surface area (Å²) in [6.07, 6.45) is 1.44. The predicted molar refractivity (Wildman–Crippen MR) is 117 cm³/mol. The first-order chi connectivity index (χ1) is 15.4. The number of carbonyl (C=O) groups excluding carboxylic acids is 2. The molecule has 0 aliphatic carbocycles. The summed E-state index contributed by atoms with van der Waals surface area (Å²) in [6.45, 7) is 2.08. The first-order valence-corrected chi connectivity index (χ1v) is 12.0. The number of amides is 2. The van der Waals surface area contributed by atoms with Gasteiger partial charge in [-0.25, -0.2) is 8.42 Å². The number of likely N-dealkylation sites (tertiary alicyclic amines) is 1. The summed E-state index contributed by atoms with van der Waals surface area (Å²) in [5.74, 6) is -0.0221. The van der Waals surface area contributed by atoms with Gasteiger partial charge in [-0.2, -0.15) is 9.57 Å². The highest BCUT2D eigenvalue weighted by Gasteiger charge is 2.32. The Morgan fingerprint density at radius 2 is 1.75 bits per heavy atom. The zero-order valence-corrected chi connectivity index (χ0v) is 18.4. The minimum absolute atomic E-state index is 0.00793. The van der Waals surface area contributed by atoms with Gasteiger partial charge in [0.05, 0.1) is 10.5 Å². The molecule has 0 saturated carbocycles. The Bertz CT molecular complexity index is 1180. The van der Waals surface area contributed by atoms with Gasteiger partial charge < -0.3 is 9.80 Å². The Morgan fingerprint density at radius 1 is 1.00 bits per heavy atom. The Morgan fingerprint density at radius 3 is 2.44 bits per heavy atom. The van der Waals surface area contributed by atoms with E-state index in [4.69, 9.17) is 0 Å². The maximum atomic E-state index is 13.0. The minimum atomic E-state index is -3.81. The Hall–Kier alpha value is -3.22. The van der Waals surface area contributed by atoms with Crippen molar-refractivity contribution in [3.63, 3.8) is 0 Å². The van der Waals surface area contributed by atoms with Crippen molar-refractivity contribution in [2.24, 2.45) is 0 Å². The van der Waals surface area contributed by atoms with Crippen LogP contribution < -0.4 is 0 Å². The molecule has 0 unspecified atom stereocenters. The van der Waals surface area contributed by atoms with Crippen LogP contribution in [0.2, 0.25) is 0 Å². The number of nitriles is 1. The molecule has 4 rings (SSSR count). The van der Waals surface area contributed by atoms with Crippen LogP contribution in [0.4, 0.5) is 0 Å². The first-order valence-electron chi connectivity index (χ1n) is 10.6. The van der Waals surface area contributed by atoms with Crippen molar-refractivity contribution in [3.8, 4) is 6.07 Å². The molecule has 0 spiro atoms. The number of sulfonamides is 1. The van der Waals surface area contributed by atoms with Crippen molar-refractivity contribution >= 4 is 21.8 Å². The van der Waals surface area contributed by atoms with Crippen molar-refractivity contribution < 1.29 is 18.0 Å². The van der Waals surface area contributed by atoms with Crippen LogP contribution in [-0.2, 0) is 21.4 Å². The fraction of sp³-hybridized carbons (Fsp3) is 0.348. The third kappa shape index (κ3) is 4.38. The third-order valence-corrected chi connectivity index (χ3v) is 7.83. The van der Waals surface area contributed by atoms with Gasteiger partial charge in [0.15, 0.2) is 0 Å². The summed E-state index contributed by atoms with van der Waals surface area (Å²) in [6, 6.07) is 15.3. The maximum Gasteiger partial charge on any atom is 0.253 e. The molecule has 2 saturated heterocycles. The summed E-state index contributed by atoms with van der Waals surface area (Å²) >= 11 is 0. The van der Waals surface area contributed by atoms with E-state index in [0.29, 0.717) is 18.5 Å². The van der Waals surface area contributed by atoms with Crippen LogP contribution in [-0.4, -0.2) is 67.1 Å². The number of carbonyl (C=O) groups is 2. The van der Waals surface area contributed by atoms with Gasteiger partial charge in [0.25, 0.3) is 5.91 Å². The molecular formula is C23H24N4O4S. The largest absolute Gasteiger partial charge is 0.338 e. The van der Waals surface area contributed by atoms with Crippen LogP contribution >= 0.6 is 0 Å². The van der Waals surface area contributed by atoms with E-state index in [0.717, 1.165) is 18.5 Å². The minimum Gasteiger partial charge on any atom is -0.338 e. The predicted octanol–water partition coefficient (Wildman–Crippen LogP) is 1.83. The summed E-state index contributed by atoms with van der Waals surface area (Å²) in [4.78, 5) is 28.3. The number of nitrogens with zero attached hydrogens (tertiary/aromatic N) is 4. The van der Waals surface area contributed by atoms with Crippen molar-refractivity contribution in [2.45, 2.75) is 24.3 Å². The molecule has 2 aliphatic rings. The molecule has 0 bridgehead atoms. The molecule has 2 aliphatic heterocycles. The van der Waals surface area contributed by atoms with Crippen LogP contribution in [0.1, 0.15) is 34.3 Å². The standard InChI is InChI=1S/C23H24N4O4S/c24-16-20-6-1-2-8-21(20)32(30,31)27-13-11-25(12-14-27)23(29)19-7-3-5-18(15-19)17-26-10-4-9-22(26)28/h1-3,5-8,15H,4,9-14,17H2. The summed E-state index contributed by atoms with van der Waals surface area (Å²) in [7, 11) is -3.81. The fourth-order valence-corrected chi connectivity index (χ4v) is 5.70. The topological polar surface area (TPSA) is 102 Å². The molecule has 8 nitrogen and oxygen atoms in total. The van der Waals surface area contributed by atoms with E-state index in [9.17, 15) is 23.3 Å². The molecule has 166 valence electrons. The lowest BCUT2D eigenvalue weighted by molar-refractivity contribution is -0.128. The van der Waals surface area contributed by atoms with Gasteiger partial charge in [-0.05, 0) is 36.2 Å². The molecule has 0 atom stereocenters. The van der Waals surface area contributed by atoms with E-state index in [1.54, 1.807) is 34.1 Å². The highest BCUT2D eigenvalue weighted by molar-refractivity contribution is 7.89. The van der Waals surface area contributed by atoms with Crippen molar-refractivity contribution in [2.75, 3.05) is 32.7 Å². The van der Waals surface area contributed by atoms with Crippen molar-refractivity contribution in [1.82, 2.24) is 14.1 Å². The summed E-state index contributed by atoms with van der Waals surface area (Å²) < 4.78 is 27.3. The van der Waals surface area contributed by atoms with E-state index in [2.05, 4.69) is 0 Å². The molecule has 32 heavy (non-hydrogen) atoms. The number of piperazine rings is 1. The molecule has 0 aromatic heterocycles. The molecule has 2 aromatic rings. The quantitative estimate of drug-likeness (QED) is 0.689. The van der Waals surface area contributed by atoms with E-state index in [1.165, 1.54) is 16.4 Å². The summed E-state index contributed by atoms with van der Waals surface area (Å²) in [5.41, 5.74) is 1.54. The molecular weight excluding hydrogens is 428 g/mol. The molecule has 2 aromatic carbocycles. The lowest BCUT2D eigenvalue weighted by Gasteiger charge is -2.34. The summed E-state index contributed by atoms with van der Waals surface area (Å²) in [5, 5.41) is 9.24. The lowest BCUT2D eigenvalue weighted by Crippen LogP contribution is -2.50. The molecule has 2 heterocycles. The van der Waals surface area contributed by atoms with Gasteiger partial charge in [-0.3, -0.25) is 9.59 Å². The average molecular weight is 453 g/mol. The normalized spacial score (nSPS) is 17.4. The van der Waals surface area contributed by atoms with Crippen LogP contribution in [0.3, 0.4) is 0 Å². The molecule has 9 heteroatoms. The van der Waals surface area contributed by atoms with Crippen LogP contribution in [0.25, 0.3) is 0 Å². The van der Waals surface area contributed by atoms with Gasteiger partial charge in [0, 0.05) is 51.3 Å². The second kappa shape index (κ2) is 9.10. The lowest BCUT2D eigenvalue weighted by atomic mass is 10.1. The van der Waals surface area contributed by atoms with Crippen molar-refractivity contribution in [1.29, 1.82) is 5.26 Å². The zero-order chi connectivity index (χ0) is 22.7. The van der Waals surface area contributed by atoms with E-state index in [-0.39, 0.29) is 48.5 Å². The first kappa shape index (κ1) is 22.0. The van der Waals surface area contributed by atoms with Gasteiger partial charge in [-0.15, -0.1) is 0 Å². The monoisotopic (exact) mass is 452 g/mol. The fourth-order valence-electron chi connectivity index (χ4n) is 4.13. The highest BCUT2D eigenvalue weighted by atomic mass is 32.2. The van der Waals surface area contributed by atoms with Crippen LogP contribution in [0.15, 0.2) is 53.4 Å². The highest BCUT2D eigenvalue weighted by Crippen LogP contribution is 2.22. The maximum absolute atomic E-state index is 13.0. The second-order valence-electron chi connectivity index (χ2n) is 7.92. The van der Waals surface area contributed by atoms with E-state index in [1.807, 2.05) is 18.2 Å². The molecule has 0 radical (unpaired) electrons. The van der Waals surface area contributed by atoms with Gasteiger partial charge in [0.2, 0.25) is 15.9 Å². The second-order valence-corrected chi connectivity index (χ2v) is 9.83. The Kier molecular flexibility index (Phi) is 6.26. The van der Waals surface area contributed by atoms with Gasteiger partial charge in [0.1, 0.15) is 6.07 Å². The third-order valence-electron chi connectivity index (χ3n) is 5.87. The zero-order valence-electron chi connectivity index (χ0n) is 17.6. The van der Waals surface area contributed by atoms with Crippen LogP contribution in [0.5, 0.6) is 0 Å².